The van der Waals surface area contributed by atoms with Crippen LogP contribution in [0.1, 0.15) is 52.7 Å². The molecule has 5 rings (SSSR count). The highest BCUT2D eigenvalue weighted by Gasteiger charge is 2.26. The number of para-hydroxylation sites is 2. The number of benzene rings is 3. The molecule has 0 aliphatic carbocycles. The van der Waals surface area contributed by atoms with E-state index in [0.717, 1.165) is 17.1 Å². The fraction of sp³-hybridized carbons (Fsp3) is 0.267. The molecule has 0 fully saturated rings. The maximum absolute atomic E-state index is 4.85. The number of nitrogens with zero attached hydrogens (tertiary/aromatic N) is 7. The number of rotatable bonds is 5. The van der Waals surface area contributed by atoms with Crippen LogP contribution in [0, 0.1) is 0 Å². The van der Waals surface area contributed by atoms with Gasteiger partial charge in [-0.15, -0.1) is 19.8 Å². The summed E-state index contributed by atoms with van der Waals surface area (Å²) in [5, 5.41) is 18.9. The van der Waals surface area contributed by atoms with Gasteiger partial charge in [-0.05, 0) is 58.4 Å². The lowest BCUT2D eigenvalue weighted by Crippen LogP contribution is -2.19. The summed E-state index contributed by atoms with van der Waals surface area (Å²) >= 11 is 0. The van der Waals surface area contributed by atoms with Gasteiger partial charge in [0.05, 0.1) is 23.8 Å². The molecule has 0 amide bonds. The molecule has 0 radical (unpaired) electrons. The van der Waals surface area contributed by atoms with Gasteiger partial charge in [-0.1, -0.05) is 84.0 Å². The van der Waals surface area contributed by atoms with Crippen LogP contribution in [0.4, 0.5) is 17.3 Å². The summed E-state index contributed by atoms with van der Waals surface area (Å²) in [5.41, 5.74) is 5.16. The summed E-state index contributed by atoms with van der Waals surface area (Å²) in [6.45, 7) is 13.4. The van der Waals surface area contributed by atoms with Crippen LogP contribution < -0.4 is 4.90 Å². The van der Waals surface area contributed by atoms with Crippen molar-refractivity contribution < 1.29 is 0 Å². The Hall–Kier alpha value is -4.26. The van der Waals surface area contributed by atoms with E-state index in [4.69, 9.17) is 10.2 Å². The van der Waals surface area contributed by atoms with Crippen molar-refractivity contribution in [3.05, 3.63) is 102 Å². The molecule has 0 atom stereocenters. The molecule has 7 heteroatoms. The molecule has 3 aromatic carbocycles. The van der Waals surface area contributed by atoms with E-state index >= 15 is 0 Å². The molecule has 0 bridgehead atoms. The smallest absolute Gasteiger partial charge is 0.181 e. The average molecular weight is 492 g/mol. The van der Waals surface area contributed by atoms with Gasteiger partial charge >= 0.3 is 0 Å². The van der Waals surface area contributed by atoms with Crippen LogP contribution in [0.25, 0.3) is 11.4 Å². The Morgan fingerprint density at radius 2 is 0.973 bits per heavy atom. The van der Waals surface area contributed by atoms with E-state index in [0.29, 0.717) is 11.6 Å². The van der Waals surface area contributed by atoms with Crippen LogP contribution in [0.3, 0.4) is 0 Å². The zero-order valence-electron chi connectivity index (χ0n) is 22.3. The van der Waals surface area contributed by atoms with E-state index < -0.39 is 0 Å². The molecule has 0 unspecified atom stereocenters. The fourth-order valence-corrected chi connectivity index (χ4v) is 4.07. The third-order valence-electron chi connectivity index (χ3n) is 6.30. The molecule has 0 saturated heterocycles. The first-order valence-electron chi connectivity index (χ1n) is 12.5. The van der Waals surface area contributed by atoms with Crippen molar-refractivity contribution in [2.45, 2.75) is 52.4 Å². The minimum absolute atomic E-state index is 0.0367. The van der Waals surface area contributed by atoms with Crippen LogP contribution in [-0.4, -0.2) is 30.0 Å². The lowest BCUT2D eigenvalue weighted by atomic mass is 9.80. The standard InChI is InChI=1S/C30H33N7/c1-29(2,3)22-17-23(30(4,5)6)19-26(18-22)35(27-20-31-36(33-27)24-13-9-7-10-14-24)28-21-32-37(34-28)25-15-11-8-12-16-25/h7-21H,1-6H3. The van der Waals surface area contributed by atoms with Gasteiger partial charge in [-0.25, -0.2) is 0 Å². The maximum Gasteiger partial charge on any atom is 0.181 e. The summed E-state index contributed by atoms with van der Waals surface area (Å²) in [6, 6.07) is 26.6. The van der Waals surface area contributed by atoms with E-state index in [2.05, 4.69) is 69.9 Å². The Morgan fingerprint density at radius 1 is 0.568 bits per heavy atom. The Morgan fingerprint density at radius 3 is 1.35 bits per heavy atom. The van der Waals surface area contributed by atoms with Gasteiger partial charge < -0.3 is 0 Å². The molecule has 0 aliphatic heterocycles. The van der Waals surface area contributed by atoms with Crippen molar-refractivity contribution in [2.24, 2.45) is 0 Å². The van der Waals surface area contributed by atoms with Gasteiger partial charge in [-0.3, -0.25) is 4.90 Å². The van der Waals surface area contributed by atoms with Gasteiger partial charge in [0, 0.05) is 5.69 Å². The van der Waals surface area contributed by atoms with Crippen molar-refractivity contribution in [3.8, 4) is 11.4 Å². The molecule has 188 valence electrons. The summed E-state index contributed by atoms with van der Waals surface area (Å²) < 4.78 is 0. The molecule has 0 spiro atoms. The molecule has 37 heavy (non-hydrogen) atoms. The van der Waals surface area contributed by atoms with Crippen molar-refractivity contribution in [2.75, 3.05) is 4.90 Å². The van der Waals surface area contributed by atoms with Crippen molar-refractivity contribution in [3.63, 3.8) is 0 Å². The van der Waals surface area contributed by atoms with Gasteiger partial charge in [0.25, 0.3) is 0 Å². The van der Waals surface area contributed by atoms with Crippen LogP contribution in [0.2, 0.25) is 0 Å². The summed E-state index contributed by atoms with van der Waals surface area (Å²) in [6.07, 6.45) is 3.55. The highest BCUT2D eigenvalue weighted by Crippen LogP contribution is 2.38. The third-order valence-corrected chi connectivity index (χ3v) is 6.30. The summed E-state index contributed by atoms with van der Waals surface area (Å²) in [7, 11) is 0. The summed E-state index contributed by atoms with van der Waals surface area (Å²) in [5.74, 6) is 1.32. The predicted molar refractivity (Wildman–Crippen MR) is 148 cm³/mol. The Labute approximate surface area is 218 Å². The largest absolute Gasteiger partial charge is 0.273 e. The zero-order valence-corrected chi connectivity index (χ0v) is 22.3. The number of hydrogen-bond donors (Lipinski definition) is 0. The Bertz CT molecular complexity index is 1380. The van der Waals surface area contributed by atoms with E-state index in [-0.39, 0.29) is 10.8 Å². The monoisotopic (exact) mass is 491 g/mol. The number of aromatic nitrogens is 6. The van der Waals surface area contributed by atoms with Crippen LogP contribution in [-0.2, 0) is 10.8 Å². The molecule has 5 aromatic rings. The quantitative estimate of drug-likeness (QED) is 0.267. The number of anilines is 3. The second kappa shape index (κ2) is 9.32. The first-order valence-corrected chi connectivity index (χ1v) is 12.5. The van der Waals surface area contributed by atoms with Gasteiger partial charge in [-0.2, -0.15) is 10.2 Å². The van der Waals surface area contributed by atoms with Crippen LogP contribution in [0.15, 0.2) is 91.3 Å². The lowest BCUT2D eigenvalue weighted by Gasteiger charge is -2.29. The average Bonchev–Trinajstić information content (AvgIpc) is 3.55. The molecular formula is C30H33N7. The van der Waals surface area contributed by atoms with Gasteiger partial charge in [0.15, 0.2) is 11.6 Å². The molecule has 0 aliphatic rings. The molecule has 2 aromatic heterocycles. The first-order chi connectivity index (χ1) is 17.6. The predicted octanol–water partition coefficient (Wildman–Crippen LogP) is 6.91. The zero-order chi connectivity index (χ0) is 26.2. The van der Waals surface area contributed by atoms with E-state index in [9.17, 15) is 0 Å². The fourth-order valence-electron chi connectivity index (χ4n) is 4.07. The normalized spacial score (nSPS) is 12.1. The minimum Gasteiger partial charge on any atom is -0.273 e. The number of hydrogen-bond acceptors (Lipinski definition) is 5. The molecular weight excluding hydrogens is 458 g/mol. The highest BCUT2D eigenvalue weighted by atomic mass is 15.5. The second-order valence-corrected chi connectivity index (χ2v) is 11.3. The van der Waals surface area contributed by atoms with Crippen molar-refractivity contribution >= 4 is 17.3 Å². The molecule has 0 N–H and O–H groups in total. The lowest BCUT2D eigenvalue weighted by molar-refractivity contribution is 0.568. The molecule has 0 saturated carbocycles. The van der Waals surface area contributed by atoms with E-state index in [1.807, 2.05) is 65.6 Å². The van der Waals surface area contributed by atoms with E-state index in [1.165, 1.54) is 11.1 Å². The first kappa shape index (κ1) is 24.4. The minimum atomic E-state index is -0.0367. The molecule has 7 nitrogen and oxygen atoms in total. The Kier molecular flexibility index (Phi) is 6.15. The topological polar surface area (TPSA) is 64.7 Å². The highest BCUT2D eigenvalue weighted by molar-refractivity contribution is 5.72. The van der Waals surface area contributed by atoms with E-state index in [1.54, 1.807) is 22.0 Å². The third kappa shape index (κ3) is 5.16. The van der Waals surface area contributed by atoms with Gasteiger partial charge in [0.1, 0.15) is 0 Å². The Balaban J connectivity index is 1.69. The maximum atomic E-state index is 4.85. The van der Waals surface area contributed by atoms with Gasteiger partial charge in [0.2, 0.25) is 0 Å². The van der Waals surface area contributed by atoms with Crippen LogP contribution >= 0.6 is 0 Å². The van der Waals surface area contributed by atoms with Crippen molar-refractivity contribution in [1.29, 1.82) is 0 Å². The summed E-state index contributed by atoms with van der Waals surface area (Å²) in [4.78, 5) is 5.31. The SMILES string of the molecule is CC(C)(C)c1cc(N(c2cnn(-c3ccccc3)n2)c2cnn(-c3ccccc3)n2)cc(C(C)(C)C)c1. The van der Waals surface area contributed by atoms with Crippen molar-refractivity contribution in [1.82, 2.24) is 30.0 Å². The second-order valence-electron chi connectivity index (χ2n) is 11.3. The van der Waals surface area contributed by atoms with Crippen LogP contribution in [0.5, 0.6) is 0 Å². The molecule has 2 heterocycles.